The van der Waals surface area contributed by atoms with Gasteiger partial charge in [-0.3, -0.25) is 9.10 Å². The van der Waals surface area contributed by atoms with E-state index in [2.05, 4.69) is 5.32 Å². The first-order valence-corrected chi connectivity index (χ1v) is 10.7. The highest BCUT2D eigenvalue weighted by Crippen LogP contribution is 2.36. The van der Waals surface area contributed by atoms with Gasteiger partial charge in [0.1, 0.15) is 23.8 Å². The minimum absolute atomic E-state index is 0.269. The number of amides is 1. The number of nitrogens with zero attached hydrogens (tertiary/aromatic N) is 1. The summed E-state index contributed by atoms with van der Waals surface area (Å²) in [4.78, 5) is 12.7. The minimum atomic E-state index is -3.77. The Hall–Kier alpha value is -2.65. The van der Waals surface area contributed by atoms with Crippen LogP contribution in [0.15, 0.2) is 30.3 Å². The number of hydrogen-bond acceptors (Lipinski definition) is 6. The van der Waals surface area contributed by atoms with Crippen molar-refractivity contribution in [2.24, 2.45) is 0 Å². The van der Waals surface area contributed by atoms with Crippen LogP contribution in [0.4, 0.5) is 11.4 Å². The lowest BCUT2D eigenvalue weighted by Gasteiger charge is -2.24. The van der Waals surface area contributed by atoms with Crippen molar-refractivity contribution in [3.05, 3.63) is 40.9 Å². The Morgan fingerprint density at radius 1 is 1.03 bits per heavy atom. The molecule has 0 atom stereocenters. The van der Waals surface area contributed by atoms with Crippen LogP contribution in [0.3, 0.4) is 0 Å². The van der Waals surface area contributed by atoms with Gasteiger partial charge < -0.3 is 19.5 Å². The maximum atomic E-state index is 12.7. The van der Waals surface area contributed by atoms with E-state index >= 15 is 0 Å². The number of methoxy groups -OCH3 is 3. The van der Waals surface area contributed by atoms with Crippen LogP contribution in [-0.2, 0) is 14.8 Å². The van der Waals surface area contributed by atoms with Gasteiger partial charge in [0.25, 0.3) is 0 Å². The Morgan fingerprint density at radius 2 is 1.66 bits per heavy atom. The molecule has 2 aromatic rings. The normalized spacial score (nSPS) is 11.0. The number of carbonyl (C=O) groups is 1. The number of nitrogens with one attached hydrogen (secondary N) is 1. The third-order valence-corrected chi connectivity index (χ3v) is 5.46. The SMILES string of the molecule is COc1cc(NC(=O)CN(c2cc(C)ccc2OC)S(C)(=O)=O)c(OC)cc1Cl. The average Bonchev–Trinajstić information content (AvgIpc) is 2.66. The Bertz CT molecular complexity index is 1010. The molecule has 2 rings (SSSR count). The Balaban J connectivity index is 2.37. The number of halogens is 1. The molecule has 1 N–H and O–H groups in total. The third kappa shape index (κ3) is 5.45. The standard InChI is InChI=1S/C19H23ClN2O6S/c1-12-6-7-16(26-2)15(8-12)22(29(5,24)25)11-19(23)21-14-10-17(27-3)13(20)9-18(14)28-4/h6-10H,11H2,1-5H3,(H,21,23). The van der Waals surface area contributed by atoms with E-state index in [4.69, 9.17) is 25.8 Å². The number of sulfonamides is 1. The smallest absolute Gasteiger partial charge is 0.245 e. The van der Waals surface area contributed by atoms with Crippen LogP contribution in [-0.4, -0.2) is 48.5 Å². The Kier molecular flexibility index (Phi) is 7.21. The molecule has 0 heterocycles. The number of carbonyl (C=O) groups excluding carboxylic acids is 1. The summed E-state index contributed by atoms with van der Waals surface area (Å²) in [5, 5.41) is 2.95. The first-order valence-electron chi connectivity index (χ1n) is 8.44. The van der Waals surface area contributed by atoms with Gasteiger partial charge >= 0.3 is 0 Å². The van der Waals surface area contributed by atoms with E-state index in [0.29, 0.717) is 28.0 Å². The molecule has 0 unspecified atom stereocenters. The van der Waals surface area contributed by atoms with E-state index in [9.17, 15) is 13.2 Å². The molecule has 0 saturated heterocycles. The van der Waals surface area contributed by atoms with Gasteiger partial charge in [-0.25, -0.2) is 8.42 Å². The predicted octanol–water partition coefficient (Wildman–Crippen LogP) is 3.08. The number of anilines is 2. The summed E-state index contributed by atoms with van der Waals surface area (Å²) >= 11 is 6.07. The van der Waals surface area contributed by atoms with Crippen molar-refractivity contribution >= 4 is 38.9 Å². The predicted molar refractivity (Wildman–Crippen MR) is 113 cm³/mol. The van der Waals surface area contributed by atoms with Crippen molar-refractivity contribution in [1.82, 2.24) is 0 Å². The molecule has 0 aromatic heterocycles. The van der Waals surface area contributed by atoms with E-state index in [0.717, 1.165) is 16.1 Å². The zero-order valence-electron chi connectivity index (χ0n) is 16.8. The van der Waals surface area contributed by atoms with Gasteiger partial charge in [-0.2, -0.15) is 0 Å². The molecule has 0 spiro atoms. The monoisotopic (exact) mass is 442 g/mol. The number of rotatable bonds is 8. The van der Waals surface area contributed by atoms with Gasteiger partial charge in [-0.15, -0.1) is 0 Å². The van der Waals surface area contributed by atoms with Crippen molar-refractivity contribution in [2.75, 3.05) is 43.8 Å². The highest BCUT2D eigenvalue weighted by Gasteiger charge is 2.25. The Morgan fingerprint density at radius 3 is 2.21 bits per heavy atom. The summed E-state index contributed by atoms with van der Waals surface area (Å²) < 4.78 is 41.4. The van der Waals surface area contributed by atoms with Crippen LogP contribution in [0.1, 0.15) is 5.56 Å². The second kappa shape index (κ2) is 9.23. The van der Waals surface area contributed by atoms with Crippen LogP contribution >= 0.6 is 11.6 Å². The second-order valence-electron chi connectivity index (χ2n) is 6.18. The lowest BCUT2D eigenvalue weighted by molar-refractivity contribution is -0.114. The van der Waals surface area contributed by atoms with Crippen molar-refractivity contribution in [3.63, 3.8) is 0 Å². The molecule has 2 aromatic carbocycles. The lowest BCUT2D eigenvalue weighted by Crippen LogP contribution is -2.37. The minimum Gasteiger partial charge on any atom is -0.495 e. The molecule has 0 aliphatic heterocycles. The average molecular weight is 443 g/mol. The van der Waals surface area contributed by atoms with E-state index in [1.54, 1.807) is 18.2 Å². The first kappa shape index (κ1) is 22.6. The van der Waals surface area contributed by atoms with E-state index in [-0.39, 0.29) is 5.69 Å². The number of aryl methyl sites for hydroxylation is 1. The molecular formula is C19H23ClN2O6S. The molecule has 8 nitrogen and oxygen atoms in total. The molecule has 0 aliphatic rings. The highest BCUT2D eigenvalue weighted by molar-refractivity contribution is 7.92. The topological polar surface area (TPSA) is 94.2 Å². The molecule has 0 fully saturated rings. The van der Waals surface area contributed by atoms with Gasteiger partial charge in [0, 0.05) is 12.1 Å². The molecule has 1 amide bonds. The van der Waals surface area contributed by atoms with E-state index < -0.39 is 22.5 Å². The second-order valence-corrected chi connectivity index (χ2v) is 8.49. The molecule has 0 aliphatic carbocycles. The van der Waals surface area contributed by atoms with Crippen LogP contribution in [0.5, 0.6) is 17.2 Å². The van der Waals surface area contributed by atoms with Crippen LogP contribution in [0.25, 0.3) is 0 Å². The van der Waals surface area contributed by atoms with E-state index in [1.807, 2.05) is 6.92 Å². The molecule has 0 radical (unpaired) electrons. The summed E-state index contributed by atoms with van der Waals surface area (Å²) in [5.74, 6) is 0.396. The summed E-state index contributed by atoms with van der Waals surface area (Å²) in [6.45, 7) is 1.35. The van der Waals surface area contributed by atoms with Crippen molar-refractivity contribution in [2.45, 2.75) is 6.92 Å². The molecular weight excluding hydrogens is 420 g/mol. The molecule has 29 heavy (non-hydrogen) atoms. The molecule has 0 saturated carbocycles. The quantitative estimate of drug-likeness (QED) is 0.675. The Labute approximate surface area is 175 Å². The van der Waals surface area contributed by atoms with Crippen LogP contribution < -0.4 is 23.8 Å². The molecule has 10 heteroatoms. The van der Waals surface area contributed by atoms with Crippen LogP contribution in [0.2, 0.25) is 5.02 Å². The van der Waals surface area contributed by atoms with Crippen molar-refractivity contribution < 1.29 is 27.4 Å². The third-order valence-electron chi connectivity index (χ3n) is 4.04. The van der Waals surface area contributed by atoms with Crippen LogP contribution in [0, 0.1) is 6.92 Å². The fourth-order valence-corrected chi connectivity index (χ4v) is 3.74. The van der Waals surface area contributed by atoms with Gasteiger partial charge in [0.15, 0.2) is 0 Å². The number of benzene rings is 2. The zero-order chi connectivity index (χ0) is 21.8. The maximum absolute atomic E-state index is 12.7. The molecule has 0 bridgehead atoms. The molecule has 158 valence electrons. The van der Waals surface area contributed by atoms with Gasteiger partial charge in [0.2, 0.25) is 15.9 Å². The largest absolute Gasteiger partial charge is 0.495 e. The van der Waals surface area contributed by atoms with Crippen molar-refractivity contribution in [1.29, 1.82) is 0 Å². The highest BCUT2D eigenvalue weighted by atomic mass is 35.5. The number of hydrogen-bond donors (Lipinski definition) is 1. The first-order chi connectivity index (χ1) is 13.6. The lowest BCUT2D eigenvalue weighted by atomic mass is 10.2. The van der Waals surface area contributed by atoms with E-state index in [1.165, 1.54) is 33.5 Å². The summed E-state index contributed by atoms with van der Waals surface area (Å²) in [7, 11) is 0.520. The number of ether oxygens (including phenoxy) is 3. The fraction of sp³-hybridized carbons (Fsp3) is 0.316. The maximum Gasteiger partial charge on any atom is 0.245 e. The van der Waals surface area contributed by atoms with Gasteiger partial charge in [-0.1, -0.05) is 17.7 Å². The van der Waals surface area contributed by atoms with Crippen molar-refractivity contribution in [3.8, 4) is 17.2 Å². The van der Waals surface area contributed by atoms with Gasteiger partial charge in [0.05, 0.1) is 44.0 Å². The summed E-state index contributed by atoms with van der Waals surface area (Å²) in [6.07, 6.45) is 1.02. The zero-order valence-corrected chi connectivity index (χ0v) is 18.3. The summed E-state index contributed by atoms with van der Waals surface area (Å²) in [5.41, 5.74) is 1.38. The van der Waals surface area contributed by atoms with Gasteiger partial charge in [-0.05, 0) is 24.6 Å². The fourth-order valence-electron chi connectivity index (χ4n) is 2.65. The summed E-state index contributed by atoms with van der Waals surface area (Å²) in [6, 6.07) is 8.06.